The predicted octanol–water partition coefficient (Wildman–Crippen LogP) is 1.46. The minimum atomic E-state index is -2.59. The van der Waals surface area contributed by atoms with Gasteiger partial charge in [0.25, 0.3) is 6.43 Å². The second kappa shape index (κ2) is 3.97. The van der Waals surface area contributed by atoms with E-state index in [1.54, 1.807) is 0 Å². The summed E-state index contributed by atoms with van der Waals surface area (Å²) in [7, 11) is 2.88. The van der Waals surface area contributed by atoms with Crippen LogP contribution in [0.4, 0.5) is 14.6 Å². The van der Waals surface area contributed by atoms with Gasteiger partial charge in [0.05, 0.1) is 12.7 Å². The van der Waals surface area contributed by atoms with Gasteiger partial charge in [-0.05, 0) is 0 Å². The number of methoxy groups -OCH3 is 1. The summed E-state index contributed by atoms with van der Waals surface area (Å²) < 4.78 is 29.3. The second-order valence-electron chi connectivity index (χ2n) is 2.21. The molecule has 4 nitrogen and oxygen atoms in total. The average Bonchev–Trinajstić information content (AvgIpc) is 2.16. The van der Waals surface area contributed by atoms with Crippen molar-refractivity contribution in [1.82, 2.24) is 9.97 Å². The Hall–Kier alpha value is -1.46. The van der Waals surface area contributed by atoms with Crippen LogP contribution < -0.4 is 10.1 Å². The summed E-state index contributed by atoms with van der Waals surface area (Å²) in [5, 5.41) is 2.54. The summed E-state index contributed by atoms with van der Waals surface area (Å²) in [4.78, 5) is 7.28. The van der Waals surface area contributed by atoms with E-state index in [0.717, 1.165) is 6.20 Å². The Kier molecular flexibility index (Phi) is 2.94. The van der Waals surface area contributed by atoms with Crippen molar-refractivity contribution in [1.29, 1.82) is 0 Å². The number of aromatic nitrogens is 2. The summed E-state index contributed by atoms with van der Waals surface area (Å²) in [5.74, 6) is 0.0850. The van der Waals surface area contributed by atoms with Crippen molar-refractivity contribution in [3.63, 3.8) is 0 Å². The summed E-state index contributed by atoms with van der Waals surface area (Å²) in [6, 6.07) is 0.0637. The van der Waals surface area contributed by atoms with Gasteiger partial charge in [-0.3, -0.25) is 0 Å². The van der Waals surface area contributed by atoms with Gasteiger partial charge in [-0.25, -0.2) is 13.8 Å². The molecule has 1 heterocycles. The zero-order chi connectivity index (χ0) is 9.84. The molecule has 0 amide bonds. The maximum Gasteiger partial charge on any atom is 0.318 e. The Morgan fingerprint density at radius 2 is 2.23 bits per heavy atom. The lowest BCUT2D eigenvalue weighted by molar-refractivity contribution is 0.151. The molecule has 0 unspecified atom stereocenters. The number of nitrogens with one attached hydrogen (secondary N) is 1. The highest BCUT2D eigenvalue weighted by molar-refractivity contribution is 5.43. The molecule has 0 aliphatic carbocycles. The highest BCUT2D eigenvalue weighted by Gasteiger charge is 2.14. The van der Waals surface area contributed by atoms with Gasteiger partial charge in [-0.2, -0.15) is 4.98 Å². The molecule has 0 aliphatic heterocycles. The normalized spacial score (nSPS) is 10.2. The number of ether oxygens (including phenoxy) is 1. The molecule has 0 spiro atoms. The molecular weight excluding hydrogens is 180 g/mol. The molecule has 1 aromatic heterocycles. The van der Waals surface area contributed by atoms with Crippen LogP contribution in [-0.4, -0.2) is 24.1 Å². The van der Waals surface area contributed by atoms with Crippen LogP contribution in [0.25, 0.3) is 0 Å². The van der Waals surface area contributed by atoms with Crippen molar-refractivity contribution in [2.24, 2.45) is 0 Å². The molecule has 13 heavy (non-hydrogen) atoms. The number of alkyl halides is 2. The van der Waals surface area contributed by atoms with E-state index in [4.69, 9.17) is 0 Å². The van der Waals surface area contributed by atoms with E-state index in [9.17, 15) is 8.78 Å². The van der Waals surface area contributed by atoms with Gasteiger partial charge in [0.1, 0.15) is 5.82 Å². The number of halogens is 2. The molecule has 6 heteroatoms. The van der Waals surface area contributed by atoms with Gasteiger partial charge < -0.3 is 10.1 Å². The Morgan fingerprint density at radius 3 is 2.69 bits per heavy atom. The molecule has 1 rings (SSSR count). The van der Waals surface area contributed by atoms with Crippen molar-refractivity contribution in [3.05, 3.63) is 11.8 Å². The van der Waals surface area contributed by atoms with Gasteiger partial charge in [0, 0.05) is 13.2 Å². The van der Waals surface area contributed by atoms with E-state index >= 15 is 0 Å². The molecule has 0 fully saturated rings. The van der Waals surface area contributed by atoms with Gasteiger partial charge in [0.15, 0.2) is 0 Å². The van der Waals surface area contributed by atoms with Crippen molar-refractivity contribution in [3.8, 4) is 6.01 Å². The lowest BCUT2D eigenvalue weighted by Gasteiger charge is -2.07. The Balaban J connectivity index is 3.08. The first-order chi connectivity index (χ1) is 6.19. The first-order valence-corrected chi connectivity index (χ1v) is 3.56. The zero-order valence-electron chi connectivity index (χ0n) is 7.21. The number of rotatable bonds is 3. The van der Waals surface area contributed by atoms with E-state index < -0.39 is 6.43 Å². The maximum atomic E-state index is 12.3. The van der Waals surface area contributed by atoms with E-state index in [1.165, 1.54) is 14.2 Å². The fraction of sp³-hybridized carbons (Fsp3) is 0.429. The number of anilines is 1. The monoisotopic (exact) mass is 189 g/mol. The molecule has 72 valence electrons. The quantitative estimate of drug-likeness (QED) is 0.782. The highest BCUT2D eigenvalue weighted by Crippen LogP contribution is 2.25. The first kappa shape index (κ1) is 9.63. The average molecular weight is 189 g/mol. The fourth-order valence-electron chi connectivity index (χ4n) is 0.833. The van der Waals surface area contributed by atoms with Crippen molar-refractivity contribution >= 4 is 5.82 Å². The minimum absolute atomic E-state index is 0.0637. The minimum Gasteiger partial charge on any atom is -0.467 e. The van der Waals surface area contributed by atoms with Crippen LogP contribution in [-0.2, 0) is 0 Å². The number of nitrogens with zero attached hydrogens (tertiary/aromatic N) is 2. The highest BCUT2D eigenvalue weighted by atomic mass is 19.3. The Morgan fingerprint density at radius 1 is 1.54 bits per heavy atom. The Labute approximate surface area is 74.0 Å². The van der Waals surface area contributed by atoms with Crippen LogP contribution in [0, 0.1) is 0 Å². The summed E-state index contributed by atoms with van der Waals surface area (Å²) in [5.41, 5.74) is -0.233. The van der Waals surface area contributed by atoms with Gasteiger partial charge in [-0.15, -0.1) is 0 Å². The Bertz CT molecular complexity index is 293. The van der Waals surface area contributed by atoms with Gasteiger partial charge in [-0.1, -0.05) is 0 Å². The molecule has 1 aromatic rings. The van der Waals surface area contributed by atoms with E-state index in [0.29, 0.717) is 0 Å². The number of hydrogen-bond donors (Lipinski definition) is 1. The molecule has 0 radical (unpaired) electrons. The molecule has 0 aromatic carbocycles. The summed E-state index contributed by atoms with van der Waals surface area (Å²) in [6.45, 7) is 0. The molecule has 0 atom stereocenters. The molecular formula is C7H9F2N3O. The second-order valence-corrected chi connectivity index (χ2v) is 2.21. The van der Waals surface area contributed by atoms with Crippen LogP contribution in [0.3, 0.4) is 0 Å². The van der Waals surface area contributed by atoms with Crippen molar-refractivity contribution < 1.29 is 13.5 Å². The van der Waals surface area contributed by atoms with E-state index in [2.05, 4.69) is 20.0 Å². The topological polar surface area (TPSA) is 47.0 Å². The van der Waals surface area contributed by atoms with Crippen molar-refractivity contribution in [2.45, 2.75) is 6.43 Å². The lowest BCUT2D eigenvalue weighted by Crippen LogP contribution is -2.02. The molecule has 0 bridgehead atoms. The zero-order valence-corrected chi connectivity index (χ0v) is 7.21. The number of hydrogen-bond acceptors (Lipinski definition) is 4. The fourth-order valence-corrected chi connectivity index (χ4v) is 0.833. The van der Waals surface area contributed by atoms with E-state index in [1.807, 2.05) is 0 Å². The van der Waals surface area contributed by atoms with Crippen LogP contribution in [0.5, 0.6) is 6.01 Å². The first-order valence-electron chi connectivity index (χ1n) is 3.56. The molecule has 1 N–H and O–H groups in total. The SMILES string of the molecule is CNc1nc(OC)ncc1C(F)F. The van der Waals surface area contributed by atoms with Gasteiger partial charge >= 0.3 is 6.01 Å². The molecule has 0 saturated heterocycles. The third-order valence-corrected chi connectivity index (χ3v) is 1.45. The van der Waals surface area contributed by atoms with Crippen LogP contribution in [0.1, 0.15) is 12.0 Å². The molecule has 0 aliphatic rings. The standard InChI is InChI=1S/C7H9F2N3O/c1-10-6-4(5(8)9)3-11-7(12-6)13-2/h3,5H,1-2H3,(H,10,11,12). The maximum absolute atomic E-state index is 12.3. The van der Waals surface area contributed by atoms with Crippen LogP contribution in [0.15, 0.2) is 6.20 Å². The smallest absolute Gasteiger partial charge is 0.318 e. The third kappa shape index (κ3) is 2.01. The van der Waals surface area contributed by atoms with Crippen LogP contribution >= 0.6 is 0 Å². The predicted molar refractivity (Wildman–Crippen MR) is 43.1 cm³/mol. The van der Waals surface area contributed by atoms with E-state index in [-0.39, 0.29) is 17.4 Å². The lowest BCUT2D eigenvalue weighted by atomic mass is 10.3. The van der Waals surface area contributed by atoms with Gasteiger partial charge in [0.2, 0.25) is 0 Å². The largest absolute Gasteiger partial charge is 0.467 e. The van der Waals surface area contributed by atoms with Crippen molar-refractivity contribution in [2.75, 3.05) is 19.5 Å². The molecule has 0 saturated carbocycles. The summed E-state index contributed by atoms with van der Waals surface area (Å²) >= 11 is 0. The third-order valence-electron chi connectivity index (χ3n) is 1.45. The van der Waals surface area contributed by atoms with Crippen LogP contribution in [0.2, 0.25) is 0 Å². The summed E-state index contributed by atoms with van der Waals surface area (Å²) in [6.07, 6.45) is -1.55.